The van der Waals surface area contributed by atoms with Gasteiger partial charge in [0.05, 0.1) is 18.3 Å². The van der Waals surface area contributed by atoms with Gasteiger partial charge in [0.15, 0.2) is 10.3 Å². The molecule has 2 aromatic carbocycles. The Labute approximate surface area is 281 Å². The molecule has 0 saturated carbocycles. The van der Waals surface area contributed by atoms with Gasteiger partial charge in [0.2, 0.25) is 11.8 Å². The first-order valence-corrected chi connectivity index (χ1v) is 15.9. The van der Waals surface area contributed by atoms with E-state index in [-0.39, 0.29) is 20.0 Å². The molecular weight excluding hydrogens is 671 g/mol. The third kappa shape index (κ3) is 8.53. The Bertz CT molecular complexity index is 1920. The summed E-state index contributed by atoms with van der Waals surface area (Å²) in [6.07, 6.45) is -0.880. The van der Waals surface area contributed by atoms with Crippen LogP contribution in [0.5, 0.6) is 0 Å². The molecule has 0 aliphatic rings. The number of nitriles is 2. The number of nitrogens with one attached hydrogen (secondary N) is 2. The molecule has 1 atom stereocenters. The van der Waals surface area contributed by atoms with Crippen LogP contribution >= 0.6 is 45.9 Å². The lowest BCUT2D eigenvalue weighted by atomic mass is 9.88. The third-order valence-corrected chi connectivity index (χ3v) is 8.67. The topological polar surface area (TPSA) is 175 Å². The van der Waals surface area contributed by atoms with Gasteiger partial charge in [-0.2, -0.15) is 10.5 Å². The van der Waals surface area contributed by atoms with Crippen LogP contribution in [0.2, 0.25) is 10.0 Å². The molecule has 2 N–H and O–H groups in total. The molecule has 0 spiro atoms. The highest BCUT2D eigenvalue weighted by Crippen LogP contribution is 2.34. The van der Waals surface area contributed by atoms with Crippen LogP contribution in [0.1, 0.15) is 43.4 Å². The first kappa shape index (κ1) is 34.2. The van der Waals surface area contributed by atoms with E-state index in [0.717, 1.165) is 22.7 Å². The second-order valence-electron chi connectivity index (χ2n) is 10.6. The summed E-state index contributed by atoms with van der Waals surface area (Å²) >= 11 is 14.0. The van der Waals surface area contributed by atoms with Gasteiger partial charge < -0.3 is 15.4 Å². The number of amides is 2. The quantitative estimate of drug-likeness (QED) is 0.130. The van der Waals surface area contributed by atoms with E-state index in [4.69, 9.17) is 27.9 Å². The number of hydrogen-bond acceptors (Lipinski definition) is 11. The second kappa shape index (κ2) is 14.6. The fourth-order valence-electron chi connectivity index (χ4n) is 4.05. The predicted molar refractivity (Wildman–Crippen MR) is 175 cm³/mol. The number of thiazole rings is 2. The maximum absolute atomic E-state index is 13.0. The standard InChI is InChI=1S/C31H24Cl2N6O5S2/c1-16(27(42)38-29-36-25(21(14-34)45-29)17-6-4-8-19(32)11-17)10-23(40)44-24(41)13-31(2,3)28(43)39-30-37-26(22(15-35)46-30)18-7-5-9-20(33)12-18/h4-9,11-12,16H,10,13H2,1-3H3,(H,36,38,42)(H,37,39,43). The van der Waals surface area contributed by atoms with E-state index in [1.54, 1.807) is 48.5 Å². The largest absolute Gasteiger partial charge is 0.393 e. The number of ether oxygens (including phenoxy) is 1. The monoisotopic (exact) mass is 694 g/mol. The SMILES string of the molecule is CC(CC(=O)OC(=O)CC(C)(C)C(=O)Nc1nc(-c2cccc(Cl)c2)c(C#N)s1)C(=O)Nc1nc(-c2cccc(Cl)c2)c(C#N)s1. The van der Waals surface area contributed by atoms with Gasteiger partial charge in [0.25, 0.3) is 0 Å². The molecule has 2 aromatic heterocycles. The number of rotatable bonds is 10. The summed E-state index contributed by atoms with van der Waals surface area (Å²) in [5.74, 6) is -3.98. The number of hydrogen-bond donors (Lipinski definition) is 2. The summed E-state index contributed by atoms with van der Waals surface area (Å²) < 4.78 is 4.90. The maximum Gasteiger partial charge on any atom is 0.314 e. The smallest absolute Gasteiger partial charge is 0.314 e. The van der Waals surface area contributed by atoms with Crippen LogP contribution in [-0.2, 0) is 23.9 Å². The van der Waals surface area contributed by atoms with Crippen molar-refractivity contribution < 1.29 is 23.9 Å². The van der Waals surface area contributed by atoms with Crippen molar-refractivity contribution in [2.24, 2.45) is 11.3 Å². The van der Waals surface area contributed by atoms with E-state index in [1.165, 1.54) is 20.8 Å². The Balaban J connectivity index is 1.31. The highest BCUT2D eigenvalue weighted by atomic mass is 35.5. The molecule has 11 nitrogen and oxygen atoms in total. The van der Waals surface area contributed by atoms with E-state index in [2.05, 4.69) is 26.7 Å². The van der Waals surface area contributed by atoms with Gasteiger partial charge in [0, 0.05) is 27.1 Å². The second-order valence-corrected chi connectivity index (χ2v) is 13.5. The van der Waals surface area contributed by atoms with Crippen LogP contribution < -0.4 is 10.6 Å². The zero-order chi connectivity index (χ0) is 33.6. The van der Waals surface area contributed by atoms with Crippen molar-refractivity contribution in [2.45, 2.75) is 33.6 Å². The number of halogens is 2. The zero-order valence-electron chi connectivity index (χ0n) is 24.5. The van der Waals surface area contributed by atoms with Gasteiger partial charge in [-0.1, -0.05) is 90.9 Å². The normalized spacial score (nSPS) is 11.5. The van der Waals surface area contributed by atoms with E-state index >= 15 is 0 Å². The average molecular weight is 696 g/mol. The van der Waals surface area contributed by atoms with Crippen LogP contribution in [0.4, 0.5) is 10.3 Å². The molecule has 1 unspecified atom stereocenters. The zero-order valence-corrected chi connectivity index (χ0v) is 27.7. The van der Waals surface area contributed by atoms with Crippen molar-refractivity contribution in [1.29, 1.82) is 10.5 Å². The lowest BCUT2D eigenvalue weighted by molar-refractivity contribution is -0.163. The number of carbonyl (C=O) groups excluding carboxylic acids is 4. The lowest BCUT2D eigenvalue weighted by Gasteiger charge is -2.21. The lowest BCUT2D eigenvalue weighted by Crippen LogP contribution is -2.34. The summed E-state index contributed by atoms with van der Waals surface area (Å²) in [6, 6.07) is 17.6. The Hall–Kier alpha value is -4.66. The summed E-state index contributed by atoms with van der Waals surface area (Å²) in [7, 11) is 0. The number of carbonyl (C=O) groups is 4. The van der Waals surface area contributed by atoms with Crippen LogP contribution in [0.3, 0.4) is 0 Å². The van der Waals surface area contributed by atoms with Crippen LogP contribution in [0.15, 0.2) is 48.5 Å². The molecule has 0 bridgehead atoms. The number of benzene rings is 2. The van der Waals surface area contributed by atoms with E-state index in [0.29, 0.717) is 32.6 Å². The summed E-state index contributed by atoms with van der Waals surface area (Å²) in [5, 5.41) is 25.5. The van der Waals surface area contributed by atoms with Crippen molar-refractivity contribution in [1.82, 2.24) is 9.97 Å². The van der Waals surface area contributed by atoms with Crippen LogP contribution in [0, 0.1) is 34.0 Å². The maximum atomic E-state index is 13.0. The van der Waals surface area contributed by atoms with E-state index in [9.17, 15) is 29.7 Å². The Morgan fingerprint density at radius 1 is 0.870 bits per heavy atom. The minimum atomic E-state index is -1.32. The van der Waals surface area contributed by atoms with Crippen LogP contribution in [0.25, 0.3) is 22.5 Å². The van der Waals surface area contributed by atoms with Crippen LogP contribution in [-0.4, -0.2) is 33.7 Å². The summed E-state index contributed by atoms with van der Waals surface area (Å²) in [4.78, 5) is 60.1. The van der Waals surface area contributed by atoms with E-state index in [1.807, 2.05) is 6.07 Å². The first-order valence-electron chi connectivity index (χ1n) is 13.5. The minimum Gasteiger partial charge on any atom is -0.393 e. The molecule has 0 saturated heterocycles. The van der Waals surface area contributed by atoms with Gasteiger partial charge in [-0.25, -0.2) is 9.97 Å². The first-order chi connectivity index (χ1) is 21.8. The molecule has 234 valence electrons. The van der Waals surface area contributed by atoms with Crippen molar-refractivity contribution in [3.63, 3.8) is 0 Å². The molecule has 2 amide bonds. The summed E-state index contributed by atoms with van der Waals surface area (Å²) in [5.41, 5.74) is 0.600. The highest BCUT2D eigenvalue weighted by molar-refractivity contribution is 7.17. The predicted octanol–water partition coefficient (Wildman–Crippen LogP) is 7.07. The van der Waals surface area contributed by atoms with Gasteiger partial charge >= 0.3 is 11.9 Å². The molecule has 0 fully saturated rings. The van der Waals surface area contributed by atoms with Crippen molar-refractivity contribution in [2.75, 3.05) is 10.6 Å². The Morgan fingerprint density at radius 2 is 1.37 bits per heavy atom. The summed E-state index contributed by atoms with van der Waals surface area (Å²) in [6.45, 7) is 4.44. The minimum absolute atomic E-state index is 0.149. The number of anilines is 2. The molecule has 4 rings (SSSR count). The Morgan fingerprint density at radius 3 is 1.85 bits per heavy atom. The van der Waals surface area contributed by atoms with Gasteiger partial charge in [-0.05, 0) is 24.3 Å². The van der Waals surface area contributed by atoms with Gasteiger partial charge in [-0.3, -0.25) is 19.2 Å². The number of esters is 2. The molecule has 0 aliphatic heterocycles. The Kier molecular flexibility index (Phi) is 10.9. The molecule has 2 heterocycles. The number of aromatic nitrogens is 2. The van der Waals surface area contributed by atoms with Crippen molar-refractivity contribution in [3.05, 3.63) is 68.3 Å². The van der Waals surface area contributed by atoms with Gasteiger partial charge in [0.1, 0.15) is 33.3 Å². The fourth-order valence-corrected chi connectivity index (χ4v) is 5.99. The van der Waals surface area contributed by atoms with Gasteiger partial charge in [-0.15, -0.1) is 0 Å². The average Bonchev–Trinajstić information content (AvgIpc) is 3.60. The fraction of sp³-hybridized carbons (Fsp3) is 0.226. The third-order valence-electron chi connectivity index (χ3n) is 6.45. The molecule has 15 heteroatoms. The molecular formula is C31H24Cl2N6O5S2. The van der Waals surface area contributed by atoms with Crippen molar-refractivity contribution in [3.8, 4) is 34.7 Å². The molecule has 0 radical (unpaired) electrons. The van der Waals surface area contributed by atoms with Crippen molar-refractivity contribution >= 4 is 79.9 Å². The highest BCUT2D eigenvalue weighted by Gasteiger charge is 2.33. The van der Waals surface area contributed by atoms with E-state index < -0.39 is 47.9 Å². The number of nitrogens with zero attached hydrogens (tertiary/aromatic N) is 4. The molecule has 0 aliphatic carbocycles. The molecule has 46 heavy (non-hydrogen) atoms. The molecule has 4 aromatic rings.